The van der Waals surface area contributed by atoms with Crippen LogP contribution >= 0.6 is 0 Å². The molecule has 1 aliphatic carbocycles. The largest absolute Gasteiger partial charge is 0.356 e. The Morgan fingerprint density at radius 2 is 1.19 bits per heavy atom. The van der Waals surface area contributed by atoms with E-state index in [1.54, 1.807) is 16.4 Å². The van der Waals surface area contributed by atoms with Crippen molar-refractivity contribution in [1.82, 2.24) is 4.31 Å². The third-order valence-corrected chi connectivity index (χ3v) is 9.70. The van der Waals surface area contributed by atoms with E-state index in [0.29, 0.717) is 4.90 Å². The summed E-state index contributed by atoms with van der Waals surface area (Å²) in [5.74, 6) is 0. The van der Waals surface area contributed by atoms with Crippen molar-refractivity contribution < 1.29 is 13.2 Å². The fourth-order valence-corrected chi connectivity index (χ4v) is 7.79. The van der Waals surface area contributed by atoms with Crippen LogP contribution in [0.2, 0.25) is 0 Å². The Hall–Kier alpha value is -3.25. The molecular weight excluding hydrogens is 478 g/mol. The highest BCUT2D eigenvalue weighted by Crippen LogP contribution is 2.50. The first kappa shape index (κ1) is 24.1. The number of hydrogen-bond acceptors (Lipinski definition) is 3. The average Bonchev–Trinajstić information content (AvgIpc) is 3.70. The van der Waals surface area contributed by atoms with Crippen LogP contribution in [0.4, 0.5) is 0 Å². The maximum absolute atomic E-state index is 13.7. The van der Waals surface area contributed by atoms with Crippen LogP contribution in [0.3, 0.4) is 0 Å². The standard InChI is InChI=1S/C32H31NO3S/c1-24-20-22-28(23-21-24)37(34,35)33-29-18-11-19-30(31(29)33)36-32(25-12-5-2-6-13-25,26-14-7-3-8-15-26)27-16-9-4-10-17-27/h2-10,12-17,20-23,29-31H,11,18-19H2,1H3. The van der Waals surface area contributed by atoms with Crippen molar-refractivity contribution in [2.45, 2.75) is 54.9 Å². The SMILES string of the molecule is Cc1ccc(S(=O)(=O)N2C3CCCC(OC(c4ccccc4)(c4ccccc4)c4ccccc4)C32)cc1. The molecule has 4 aromatic carbocycles. The van der Waals surface area contributed by atoms with Gasteiger partial charge < -0.3 is 4.74 Å². The van der Waals surface area contributed by atoms with Crippen LogP contribution in [0.15, 0.2) is 120 Å². The van der Waals surface area contributed by atoms with Crippen molar-refractivity contribution in [1.29, 1.82) is 0 Å². The van der Waals surface area contributed by atoms with E-state index in [4.69, 9.17) is 4.74 Å². The lowest BCUT2D eigenvalue weighted by Gasteiger charge is -2.39. The topological polar surface area (TPSA) is 46.4 Å². The summed E-state index contributed by atoms with van der Waals surface area (Å²) in [5, 5.41) is 0. The van der Waals surface area contributed by atoms with Crippen LogP contribution in [0.5, 0.6) is 0 Å². The van der Waals surface area contributed by atoms with E-state index in [-0.39, 0.29) is 18.2 Å². The Labute approximate surface area is 219 Å². The second kappa shape index (κ2) is 9.56. The molecule has 2 fully saturated rings. The molecule has 0 amide bonds. The predicted molar refractivity (Wildman–Crippen MR) is 146 cm³/mol. The number of rotatable bonds is 7. The van der Waals surface area contributed by atoms with E-state index in [1.807, 2.05) is 73.7 Å². The quantitative estimate of drug-likeness (QED) is 0.217. The first-order valence-electron chi connectivity index (χ1n) is 13.0. The van der Waals surface area contributed by atoms with Crippen molar-refractivity contribution in [3.05, 3.63) is 138 Å². The number of nitrogens with zero attached hydrogens (tertiary/aromatic N) is 1. The summed E-state index contributed by atoms with van der Waals surface area (Å²) in [4.78, 5) is 0.353. The van der Waals surface area contributed by atoms with Gasteiger partial charge in [-0.25, -0.2) is 8.42 Å². The fourth-order valence-electron chi connectivity index (χ4n) is 5.93. The summed E-state index contributed by atoms with van der Waals surface area (Å²) < 4.78 is 36.3. The highest BCUT2D eigenvalue weighted by Gasteiger charge is 2.61. The average molecular weight is 510 g/mol. The smallest absolute Gasteiger partial charge is 0.243 e. The lowest BCUT2D eigenvalue weighted by molar-refractivity contribution is -0.0585. The van der Waals surface area contributed by atoms with Gasteiger partial charge in [0.05, 0.1) is 17.0 Å². The molecule has 0 N–H and O–H groups in total. The van der Waals surface area contributed by atoms with Gasteiger partial charge in [0.15, 0.2) is 0 Å². The molecule has 0 aromatic heterocycles. The van der Waals surface area contributed by atoms with Crippen LogP contribution < -0.4 is 0 Å². The molecule has 188 valence electrons. The number of aryl methyl sites for hydroxylation is 1. The lowest BCUT2D eigenvalue weighted by atomic mass is 9.79. The molecule has 6 rings (SSSR count). The van der Waals surface area contributed by atoms with Gasteiger partial charge in [-0.3, -0.25) is 0 Å². The Bertz CT molecular complexity index is 1360. The van der Waals surface area contributed by atoms with E-state index in [0.717, 1.165) is 41.5 Å². The third kappa shape index (κ3) is 4.21. The number of fused-ring (bicyclic) bond motifs is 1. The molecule has 1 aliphatic heterocycles. The number of hydrogen-bond donors (Lipinski definition) is 0. The monoisotopic (exact) mass is 509 g/mol. The van der Waals surface area contributed by atoms with Gasteiger partial charge in [0, 0.05) is 6.04 Å². The zero-order valence-corrected chi connectivity index (χ0v) is 21.7. The minimum Gasteiger partial charge on any atom is -0.356 e. The van der Waals surface area contributed by atoms with Gasteiger partial charge in [0.25, 0.3) is 0 Å². The van der Waals surface area contributed by atoms with Crippen molar-refractivity contribution in [2.75, 3.05) is 0 Å². The van der Waals surface area contributed by atoms with Gasteiger partial charge in [-0.05, 0) is 55.0 Å². The van der Waals surface area contributed by atoms with Crippen LogP contribution in [-0.2, 0) is 20.4 Å². The Morgan fingerprint density at radius 1 is 0.703 bits per heavy atom. The van der Waals surface area contributed by atoms with Gasteiger partial charge in [-0.15, -0.1) is 0 Å². The van der Waals surface area contributed by atoms with E-state index >= 15 is 0 Å². The maximum Gasteiger partial charge on any atom is 0.243 e. The number of ether oxygens (including phenoxy) is 1. The number of sulfonamides is 1. The summed E-state index contributed by atoms with van der Waals surface area (Å²) in [5.41, 5.74) is 3.27. The Balaban J connectivity index is 1.43. The Kier molecular flexibility index (Phi) is 6.23. The summed E-state index contributed by atoms with van der Waals surface area (Å²) in [6.07, 6.45) is 2.37. The molecule has 4 nitrogen and oxygen atoms in total. The molecule has 4 atom stereocenters. The van der Waals surface area contributed by atoms with E-state index < -0.39 is 15.6 Å². The Morgan fingerprint density at radius 3 is 1.68 bits per heavy atom. The van der Waals surface area contributed by atoms with E-state index in [2.05, 4.69) is 36.4 Å². The third-order valence-electron chi connectivity index (χ3n) is 7.76. The van der Waals surface area contributed by atoms with Crippen molar-refractivity contribution in [2.24, 2.45) is 0 Å². The van der Waals surface area contributed by atoms with Crippen LogP contribution in [0, 0.1) is 6.92 Å². The molecule has 4 unspecified atom stereocenters. The van der Waals surface area contributed by atoms with Crippen molar-refractivity contribution in [3.8, 4) is 0 Å². The van der Waals surface area contributed by atoms with Crippen LogP contribution in [-0.4, -0.2) is 30.9 Å². The second-order valence-electron chi connectivity index (χ2n) is 10.1. The van der Waals surface area contributed by atoms with Gasteiger partial charge in [-0.2, -0.15) is 4.31 Å². The maximum atomic E-state index is 13.7. The predicted octanol–water partition coefficient (Wildman–Crippen LogP) is 6.30. The molecule has 0 spiro atoms. The molecule has 2 aliphatic rings. The fraction of sp³-hybridized carbons (Fsp3) is 0.250. The zero-order chi connectivity index (χ0) is 25.5. The highest BCUT2D eigenvalue weighted by molar-refractivity contribution is 7.89. The molecular formula is C32H31NO3S. The van der Waals surface area contributed by atoms with Crippen molar-refractivity contribution >= 4 is 10.0 Å². The van der Waals surface area contributed by atoms with E-state index in [9.17, 15) is 8.42 Å². The molecule has 5 heteroatoms. The first-order chi connectivity index (χ1) is 18.0. The van der Waals surface area contributed by atoms with E-state index in [1.165, 1.54) is 0 Å². The lowest BCUT2D eigenvalue weighted by Crippen LogP contribution is -2.40. The van der Waals surface area contributed by atoms with Crippen LogP contribution in [0.1, 0.15) is 41.5 Å². The molecule has 0 bridgehead atoms. The summed E-state index contributed by atoms with van der Waals surface area (Å²) in [7, 11) is -3.59. The van der Waals surface area contributed by atoms with Gasteiger partial charge in [0.2, 0.25) is 10.0 Å². The molecule has 37 heavy (non-hydrogen) atoms. The molecule has 1 saturated carbocycles. The van der Waals surface area contributed by atoms with Crippen LogP contribution in [0.25, 0.3) is 0 Å². The molecule has 1 saturated heterocycles. The molecule has 1 heterocycles. The highest BCUT2D eigenvalue weighted by atomic mass is 32.2. The summed E-state index contributed by atoms with van der Waals surface area (Å²) in [6, 6.07) is 37.8. The molecule has 4 aromatic rings. The molecule has 0 radical (unpaired) electrons. The van der Waals surface area contributed by atoms with Gasteiger partial charge in [-0.1, -0.05) is 109 Å². The minimum atomic E-state index is -3.59. The van der Waals surface area contributed by atoms with Gasteiger partial charge >= 0.3 is 0 Å². The second-order valence-corrected chi connectivity index (χ2v) is 11.9. The van der Waals surface area contributed by atoms with Crippen molar-refractivity contribution in [3.63, 3.8) is 0 Å². The number of benzene rings is 4. The minimum absolute atomic E-state index is 0.0231. The zero-order valence-electron chi connectivity index (χ0n) is 20.9. The normalized spacial score (nSPS) is 23.3. The van der Waals surface area contributed by atoms with Gasteiger partial charge in [0.1, 0.15) is 5.60 Å². The summed E-state index contributed by atoms with van der Waals surface area (Å²) >= 11 is 0. The first-order valence-corrected chi connectivity index (χ1v) is 14.4. The summed E-state index contributed by atoms with van der Waals surface area (Å²) in [6.45, 7) is 1.97.